The smallest absolute Gasteiger partial charge is 0.137 e. The third-order valence-electron chi connectivity index (χ3n) is 3.78. The summed E-state index contributed by atoms with van der Waals surface area (Å²) in [6.07, 6.45) is 3.56. The van der Waals surface area contributed by atoms with Gasteiger partial charge < -0.3 is 5.32 Å². The molecule has 3 aromatic rings. The number of hydrogen-bond acceptors (Lipinski definition) is 4. The first-order valence-electron chi connectivity index (χ1n) is 7.31. The molecule has 0 saturated heterocycles. The van der Waals surface area contributed by atoms with Crippen LogP contribution in [-0.4, -0.2) is 21.7 Å². The molecule has 0 fully saturated rings. The summed E-state index contributed by atoms with van der Waals surface area (Å²) in [5.41, 5.74) is 1.41. The minimum absolute atomic E-state index is 0.386. The lowest BCUT2D eigenvalue weighted by Gasteiger charge is -2.13. The van der Waals surface area contributed by atoms with Gasteiger partial charge in [-0.2, -0.15) is 5.10 Å². The van der Waals surface area contributed by atoms with E-state index in [9.17, 15) is 0 Å². The van der Waals surface area contributed by atoms with E-state index in [-0.39, 0.29) is 0 Å². The lowest BCUT2D eigenvalue weighted by atomic mass is 10.1. The first-order valence-corrected chi connectivity index (χ1v) is 8.13. The quantitative estimate of drug-likeness (QED) is 0.684. The lowest BCUT2D eigenvalue weighted by molar-refractivity contribution is 0.559. The Kier molecular flexibility index (Phi) is 4.31. The molecule has 0 amide bonds. The van der Waals surface area contributed by atoms with Gasteiger partial charge in [0.1, 0.15) is 12.2 Å². The van der Waals surface area contributed by atoms with Gasteiger partial charge in [-0.25, -0.2) is 4.98 Å². The minimum Gasteiger partial charge on any atom is -0.309 e. The van der Waals surface area contributed by atoms with Crippen molar-refractivity contribution in [2.24, 2.45) is 0 Å². The minimum atomic E-state index is 0.386. The molecule has 110 valence electrons. The number of H-pyrrole nitrogens is 1. The molecule has 0 aliphatic carbocycles. The van der Waals surface area contributed by atoms with Crippen molar-refractivity contribution in [2.75, 3.05) is 6.54 Å². The summed E-state index contributed by atoms with van der Waals surface area (Å²) in [5, 5.41) is 11.8. The predicted octanol–water partition coefficient (Wildman–Crippen LogP) is 3.61. The molecule has 1 atom stereocenters. The number of benzene rings is 1. The molecule has 3 rings (SSSR count). The Morgan fingerprint density at radius 2 is 2.19 bits per heavy atom. The average molecular weight is 300 g/mol. The highest BCUT2D eigenvalue weighted by Gasteiger charge is 2.13. The number of thiophene rings is 1. The summed E-state index contributed by atoms with van der Waals surface area (Å²) in [4.78, 5) is 5.58. The van der Waals surface area contributed by atoms with Crippen LogP contribution >= 0.6 is 11.3 Å². The van der Waals surface area contributed by atoms with Crippen LogP contribution in [0.3, 0.4) is 0 Å². The maximum atomic E-state index is 4.14. The molecule has 0 saturated carbocycles. The fourth-order valence-corrected chi connectivity index (χ4v) is 3.86. The Bertz CT molecular complexity index is 702. The van der Waals surface area contributed by atoms with Crippen molar-refractivity contribution in [3.8, 4) is 0 Å². The fourth-order valence-electron chi connectivity index (χ4n) is 2.62. The average Bonchev–Trinajstić information content (AvgIpc) is 3.12. The van der Waals surface area contributed by atoms with Crippen LogP contribution in [0.2, 0.25) is 0 Å². The number of aryl methyl sites for hydroxylation is 2. The normalized spacial score (nSPS) is 12.9. The summed E-state index contributed by atoms with van der Waals surface area (Å²) in [6.45, 7) is 5.45. The topological polar surface area (TPSA) is 53.6 Å². The molecule has 0 radical (unpaired) electrons. The molecule has 0 aliphatic heterocycles. The summed E-state index contributed by atoms with van der Waals surface area (Å²) in [7, 11) is 0. The Morgan fingerprint density at radius 1 is 1.33 bits per heavy atom. The third-order valence-corrected chi connectivity index (χ3v) is 5.24. The largest absolute Gasteiger partial charge is 0.309 e. The fraction of sp³-hybridized carbons (Fsp3) is 0.375. The van der Waals surface area contributed by atoms with Crippen LogP contribution in [0.4, 0.5) is 0 Å². The second-order valence-corrected chi connectivity index (χ2v) is 6.38. The molecule has 1 unspecified atom stereocenters. The molecule has 0 aliphatic rings. The van der Waals surface area contributed by atoms with Gasteiger partial charge in [0.2, 0.25) is 0 Å². The van der Waals surface area contributed by atoms with Gasteiger partial charge >= 0.3 is 0 Å². The monoisotopic (exact) mass is 300 g/mol. The first-order chi connectivity index (χ1) is 10.3. The number of aromatic amines is 1. The zero-order chi connectivity index (χ0) is 14.7. The summed E-state index contributed by atoms with van der Waals surface area (Å²) in [6, 6.07) is 9.02. The Morgan fingerprint density at radius 3 is 2.95 bits per heavy atom. The van der Waals surface area contributed by atoms with E-state index in [1.807, 2.05) is 11.3 Å². The SMILES string of the molecule is Cc1c(C(C)NCCCc2ncn[nH]2)sc2ccccc12. The van der Waals surface area contributed by atoms with Crippen molar-refractivity contribution in [2.45, 2.75) is 32.7 Å². The molecule has 2 heterocycles. The van der Waals surface area contributed by atoms with Gasteiger partial charge in [-0.1, -0.05) is 18.2 Å². The van der Waals surface area contributed by atoms with Crippen LogP contribution in [0.5, 0.6) is 0 Å². The maximum absolute atomic E-state index is 4.14. The van der Waals surface area contributed by atoms with E-state index in [1.165, 1.54) is 20.5 Å². The van der Waals surface area contributed by atoms with E-state index < -0.39 is 0 Å². The van der Waals surface area contributed by atoms with Crippen LogP contribution < -0.4 is 5.32 Å². The van der Waals surface area contributed by atoms with Gasteiger partial charge in [0.15, 0.2) is 0 Å². The van der Waals surface area contributed by atoms with Crippen molar-refractivity contribution in [1.82, 2.24) is 20.5 Å². The third kappa shape index (κ3) is 3.14. The summed E-state index contributed by atoms with van der Waals surface area (Å²) < 4.78 is 1.38. The maximum Gasteiger partial charge on any atom is 0.137 e. The van der Waals surface area contributed by atoms with Crippen molar-refractivity contribution in [1.29, 1.82) is 0 Å². The van der Waals surface area contributed by atoms with Crippen LogP contribution in [0.1, 0.15) is 35.7 Å². The first kappa shape index (κ1) is 14.2. The van der Waals surface area contributed by atoms with Gasteiger partial charge in [-0.05, 0) is 43.8 Å². The second kappa shape index (κ2) is 6.37. The number of hydrogen-bond donors (Lipinski definition) is 2. The zero-order valence-corrected chi connectivity index (χ0v) is 13.2. The van der Waals surface area contributed by atoms with Gasteiger partial charge in [0, 0.05) is 22.0 Å². The molecule has 4 nitrogen and oxygen atoms in total. The molecular weight excluding hydrogens is 280 g/mol. The van der Waals surface area contributed by atoms with Crippen LogP contribution in [0, 0.1) is 6.92 Å². The van der Waals surface area contributed by atoms with Crippen LogP contribution in [0.15, 0.2) is 30.6 Å². The standard InChI is InChI=1S/C16H20N4S/c1-11-13-6-3-4-7-14(13)21-16(11)12(2)17-9-5-8-15-18-10-19-20-15/h3-4,6-7,10,12,17H,5,8-9H2,1-2H3,(H,18,19,20). The summed E-state index contributed by atoms with van der Waals surface area (Å²) in [5.74, 6) is 0.961. The summed E-state index contributed by atoms with van der Waals surface area (Å²) >= 11 is 1.90. The molecule has 0 spiro atoms. The lowest BCUT2D eigenvalue weighted by Crippen LogP contribution is -2.20. The van der Waals surface area contributed by atoms with Gasteiger partial charge in [-0.3, -0.25) is 5.10 Å². The molecular formula is C16H20N4S. The number of nitrogens with one attached hydrogen (secondary N) is 2. The van der Waals surface area contributed by atoms with E-state index >= 15 is 0 Å². The van der Waals surface area contributed by atoms with Crippen molar-refractivity contribution in [3.05, 3.63) is 46.9 Å². The van der Waals surface area contributed by atoms with Gasteiger partial charge in [0.05, 0.1) is 0 Å². The highest BCUT2D eigenvalue weighted by Crippen LogP contribution is 2.34. The Hall–Kier alpha value is -1.72. The van der Waals surface area contributed by atoms with Crippen molar-refractivity contribution < 1.29 is 0 Å². The van der Waals surface area contributed by atoms with Gasteiger partial charge in [-0.15, -0.1) is 11.3 Å². The number of nitrogens with zero attached hydrogens (tertiary/aromatic N) is 2. The molecule has 2 N–H and O–H groups in total. The van der Waals surface area contributed by atoms with Gasteiger partial charge in [0.25, 0.3) is 0 Å². The Labute approximate surface area is 128 Å². The number of fused-ring (bicyclic) bond motifs is 1. The predicted molar refractivity (Wildman–Crippen MR) is 87.7 cm³/mol. The molecule has 5 heteroatoms. The molecule has 0 bridgehead atoms. The molecule has 2 aromatic heterocycles. The molecule has 21 heavy (non-hydrogen) atoms. The number of aromatic nitrogens is 3. The second-order valence-electron chi connectivity index (χ2n) is 5.30. The van der Waals surface area contributed by atoms with Crippen LogP contribution in [0.25, 0.3) is 10.1 Å². The van der Waals surface area contributed by atoms with E-state index in [0.29, 0.717) is 6.04 Å². The van der Waals surface area contributed by atoms with Crippen LogP contribution in [-0.2, 0) is 6.42 Å². The molecule has 1 aromatic carbocycles. The number of rotatable bonds is 6. The highest BCUT2D eigenvalue weighted by atomic mass is 32.1. The van der Waals surface area contributed by atoms with Crippen molar-refractivity contribution >= 4 is 21.4 Å². The van der Waals surface area contributed by atoms with E-state index in [1.54, 1.807) is 6.33 Å². The van der Waals surface area contributed by atoms with E-state index in [4.69, 9.17) is 0 Å². The Balaban J connectivity index is 1.59. The van der Waals surface area contributed by atoms with E-state index in [2.05, 4.69) is 58.6 Å². The highest BCUT2D eigenvalue weighted by molar-refractivity contribution is 7.19. The van der Waals surface area contributed by atoms with E-state index in [0.717, 1.165) is 25.2 Å². The van der Waals surface area contributed by atoms with Crippen molar-refractivity contribution in [3.63, 3.8) is 0 Å². The zero-order valence-electron chi connectivity index (χ0n) is 12.4.